The SMILES string of the molecule is C#Cc1c(F)ccc2cc(O)cc(-c3ncc4c(N5CCCOCC5)nc(OC[C@]56CCC[C@H]5N(CC5CC(NC(=O)OC(C)(C)C)C5)CCC6)nc4c3F)c12. The van der Waals surface area contributed by atoms with Gasteiger partial charge < -0.3 is 29.5 Å². The molecule has 8 rings (SSSR count). The predicted molar refractivity (Wildman–Crippen MR) is 210 cm³/mol. The highest BCUT2D eigenvalue weighted by Gasteiger charge is 2.49. The number of benzene rings is 2. The molecule has 2 aliphatic carbocycles. The molecule has 1 amide bonds. The van der Waals surface area contributed by atoms with Gasteiger partial charge in [0.15, 0.2) is 5.82 Å². The summed E-state index contributed by atoms with van der Waals surface area (Å²) in [6, 6.07) is 6.09. The molecule has 2 N–H and O–H groups in total. The Morgan fingerprint density at radius 1 is 1.11 bits per heavy atom. The molecule has 13 heteroatoms. The Kier molecular flexibility index (Phi) is 10.4. The maximum absolute atomic E-state index is 17.0. The lowest BCUT2D eigenvalue weighted by Gasteiger charge is -2.49. The van der Waals surface area contributed by atoms with Crippen LogP contribution in [-0.2, 0) is 9.47 Å². The van der Waals surface area contributed by atoms with E-state index in [4.69, 9.17) is 30.6 Å². The van der Waals surface area contributed by atoms with E-state index in [1.54, 1.807) is 0 Å². The molecule has 4 heterocycles. The van der Waals surface area contributed by atoms with E-state index in [1.165, 1.54) is 30.5 Å². The molecule has 2 saturated heterocycles. The molecular formula is C43H50F2N6O5. The molecule has 4 aliphatic rings. The summed E-state index contributed by atoms with van der Waals surface area (Å²) < 4.78 is 49.8. The van der Waals surface area contributed by atoms with Crippen LogP contribution in [0.2, 0.25) is 0 Å². The smallest absolute Gasteiger partial charge is 0.407 e. The van der Waals surface area contributed by atoms with Crippen molar-refractivity contribution in [1.29, 1.82) is 0 Å². The van der Waals surface area contributed by atoms with Crippen LogP contribution in [0, 0.1) is 35.3 Å². The third kappa shape index (κ3) is 7.53. The largest absolute Gasteiger partial charge is 0.508 e. The lowest BCUT2D eigenvalue weighted by molar-refractivity contribution is -0.0171. The number of pyridine rings is 1. The number of aromatic hydroxyl groups is 1. The second-order valence-electron chi connectivity index (χ2n) is 17.0. The summed E-state index contributed by atoms with van der Waals surface area (Å²) >= 11 is 0. The van der Waals surface area contributed by atoms with Crippen LogP contribution in [0.25, 0.3) is 32.9 Å². The van der Waals surface area contributed by atoms with E-state index in [1.807, 2.05) is 20.8 Å². The third-order valence-corrected chi connectivity index (χ3v) is 12.0. The van der Waals surface area contributed by atoms with Gasteiger partial charge in [0.25, 0.3) is 0 Å². The van der Waals surface area contributed by atoms with Crippen molar-refractivity contribution in [3.05, 3.63) is 47.7 Å². The van der Waals surface area contributed by atoms with E-state index < -0.39 is 17.2 Å². The molecule has 296 valence electrons. The van der Waals surface area contributed by atoms with Gasteiger partial charge in [0, 0.05) is 60.9 Å². The zero-order valence-corrected chi connectivity index (χ0v) is 32.4. The second-order valence-corrected chi connectivity index (χ2v) is 17.0. The number of halogens is 2. The van der Waals surface area contributed by atoms with Gasteiger partial charge in [-0.15, -0.1) is 6.42 Å². The van der Waals surface area contributed by atoms with Gasteiger partial charge in [-0.1, -0.05) is 18.4 Å². The molecular weight excluding hydrogens is 719 g/mol. The molecule has 2 aliphatic heterocycles. The number of phenols is 1. The number of hydrogen-bond donors (Lipinski definition) is 2. The number of terminal acetylenes is 1. The number of amides is 1. The first-order chi connectivity index (χ1) is 26.9. The molecule has 2 saturated carbocycles. The Labute approximate surface area is 326 Å². The van der Waals surface area contributed by atoms with Gasteiger partial charge in [-0.2, -0.15) is 9.97 Å². The van der Waals surface area contributed by atoms with Gasteiger partial charge in [0.1, 0.15) is 34.2 Å². The quantitative estimate of drug-likeness (QED) is 0.176. The Morgan fingerprint density at radius 2 is 1.93 bits per heavy atom. The van der Waals surface area contributed by atoms with Crippen molar-refractivity contribution >= 4 is 33.6 Å². The second kappa shape index (κ2) is 15.3. The molecule has 4 aromatic rings. The minimum atomic E-state index is -0.748. The van der Waals surface area contributed by atoms with E-state index in [2.05, 4.69) is 26.0 Å². The number of hydrogen-bond acceptors (Lipinski definition) is 10. The first kappa shape index (κ1) is 38.1. The third-order valence-electron chi connectivity index (χ3n) is 12.0. The van der Waals surface area contributed by atoms with Crippen LogP contribution in [0.4, 0.5) is 19.4 Å². The highest BCUT2D eigenvalue weighted by Crippen LogP contribution is 2.49. The summed E-state index contributed by atoms with van der Waals surface area (Å²) in [5, 5.41) is 14.8. The van der Waals surface area contributed by atoms with E-state index >= 15 is 4.39 Å². The average Bonchev–Trinajstić information content (AvgIpc) is 3.39. The maximum Gasteiger partial charge on any atom is 0.407 e. The van der Waals surface area contributed by atoms with Gasteiger partial charge in [0.05, 0.1) is 24.2 Å². The summed E-state index contributed by atoms with van der Waals surface area (Å²) in [5.74, 6) is 1.89. The van der Waals surface area contributed by atoms with Crippen LogP contribution in [0.15, 0.2) is 30.5 Å². The number of alkyl carbamates (subject to hydrolysis) is 1. The standard InChI is InChI=1S/C43H50F2N6O5/c1-5-30-33(44)11-10-27-21-29(52)22-31(35(27)30)37-36(45)38-32(23-46-37)39(50-15-8-17-54-18-16-50)49-40(48-38)55-25-43-12-6-9-34(43)51(14-7-13-43)24-26-19-28(20-26)47-41(53)56-42(2,3)4/h1,10-11,21-23,26,28,34,52H,6-9,12-20,24-25H2,2-4H3,(H,47,53)/t26?,28?,34-,43-/m1/s1. The number of likely N-dealkylation sites (tertiary alicyclic amines) is 1. The lowest BCUT2D eigenvalue weighted by Crippen LogP contribution is -2.55. The molecule has 2 atom stereocenters. The van der Waals surface area contributed by atoms with Crippen molar-refractivity contribution in [3.63, 3.8) is 0 Å². The Hall–Kier alpha value is -4.80. The number of fused-ring (bicyclic) bond motifs is 3. The molecule has 4 fully saturated rings. The van der Waals surface area contributed by atoms with Crippen LogP contribution in [0.5, 0.6) is 11.8 Å². The van der Waals surface area contributed by atoms with Crippen LogP contribution < -0.4 is 15.0 Å². The first-order valence-electron chi connectivity index (χ1n) is 19.9. The number of carbonyl (C=O) groups excluding carboxylic acids is 1. The zero-order valence-electron chi connectivity index (χ0n) is 32.4. The fourth-order valence-electron chi connectivity index (χ4n) is 9.47. The van der Waals surface area contributed by atoms with Gasteiger partial charge in [0.2, 0.25) is 0 Å². The number of anilines is 1. The summed E-state index contributed by atoms with van der Waals surface area (Å²) in [4.78, 5) is 31.1. The van der Waals surface area contributed by atoms with Crippen molar-refractivity contribution in [2.45, 2.75) is 89.8 Å². The summed E-state index contributed by atoms with van der Waals surface area (Å²) in [5.41, 5.74) is -0.610. The molecule has 0 radical (unpaired) electrons. The van der Waals surface area contributed by atoms with Crippen LogP contribution in [0.3, 0.4) is 0 Å². The van der Waals surface area contributed by atoms with Crippen LogP contribution in [0.1, 0.15) is 77.7 Å². The normalized spacial score (nSPS) is 24.3. The molecule has 0 bridgehead atoms. The number of nitrogens with one attached hydrogen (secondary N) is 1. The van der Waals surface area contributed by atoms with Crippen molar-refractivity contribution in [1.82, 2.24) is 25.2 Å². The number of aromatic nitrogens is 3. The van der Waals surface area contributed by atoms with Crippen molar-refractivity contribution in [2.24, 2.45) is 11.3 Å². The summed E-state index contributed by atoms with van der Waals surface area (Å²) in [6.07, 6.45) is 14.8. The Morgan fingerprint density at radius 3 is 2.73 bits per heavy atom. The average molecular weight is 769 g/mol. The lowest BCUT2D eigenvalue weighted by atomic mass is 9.74. The summed E-state index contributed by atoms with van der Waals surface area (Å²) in [6.45, 7) is 10.3. The Balaban J connectivity index is 1.08. The van der Waals surface area contributed by atoms with Crippen LogP contribution in [-0.4, -0.2) is 94.7 Å². The number of rotatable bonds is 8. The highest BCUT2D eigenvalue weighted by atomic mass is 19.1. The van der Waals surface area contributed by atoms with E-state index in [0.29, 0.717) is 61.5 Å². The Bertz CT molecular complexity index is 2170. The minimum absolute atomic E-state index is 0.0144. The molecule has 0 unspecified atom stereocenters. The monoisotopic (exact) mass is 768 g/mol. The number of ether oxygens (including phenoxy) is 3. The van der Waals surface area contributed by atoms with E-state index in [-0.39, 0.29) is 57.0 Å². The van der Waals surface area contributed by atoms with E-state index in [9.17, 15) is 14.3 Å². The van der Waals surface area contributed by atoms with Crippen LogP contribution >= 0.6 is 0 Å². The first-order valence-corrected chi connectivity index (χ1v) is 19.9. The fourth-order valence-corrected chi connectivity index (χ4v) is 9.47. The molecule has 2 aromatic carbocycles. The van der Waals surface area contributed by atoms with Gasteiger partial charge in [-0.3, -0.25) is 9.88 Å². The van der Waals surface area contributed by atoms with Crippen molar-refractivity contribution in [2.75, 3.05) is 50.9 Å². The molecule has 11 nitrogen and oxygen atoms in total. The van der Waals surface area contributed by atoms with Gasteiger partial charge in [-0.25, -0.2) is 13.6 Å². The topological polar surface area (TPSA) is 122 Å². The summed E-state index contributed by atoms with van der Waals surface area (Å²) in [7, 11) is 0. The molecule has 0 spiro atoms. The number of carbonyl (C=O) groups is 1. The maximum atomic E-state index is 17.0. The number of piperidine rings is 1. The highest BCUT2D eigenvalue weighted by molar-refractivity contribution is 6.03. The van der Waals surface area contributed by atoms with Gasteiger partial charge in [-0.05, 0) is 102 Å². The fraction of sp³-hybridized carbons (Fsp3) is 0.535. The number of nitrogens with zero attached hydrogens (tertiary/aromatic N) is 5. The zero-order chi connectivity index (χ0) is 39.2. The van der Waals surface area contributed by atoms with Crippen molar-refractivity contribution < 1.29 is 32.9 Å². The number of phenolic OH excluding ortho intramolecular Hbond substituents is 1. The molecule has 56 heavy (non-hydrogen) atoms. The van der Waals surface area contributed by atoms with Gasteiger partial charge >= 0.3 is 12.1 Å². The van der Waals surface area contributed by atoms with Crippen molar-refractivity contribution in [3.8, 4) is 35.4 Å². The molecule has 2 aromatic heterocycles. The minimum Gasteiger partial charge on any atom is -0.508 e. The van der Waals surface area contributed by atoms with E-state index in [0.717, 1.165) is 64.5 Å². The predicted octanol–water partition coefficient (Wildman–Crippen LogP) is 7.35.